The predicted octanol–water partition coefficient (Wildman–Crippen LogP) is 3.32. The Bertz CT molecular complexity index is 231. The number of aliphatic hydroxyl groups is 2. The summed E-state index contributed by atoms with van der Waals surface area (Å²) in [5.74, 6) is -1.18. The van der Waals surface area contributed by atoms with E-state index in [1.165, 1.54) is 57.8 Å². The molecule has 140 valence electrons. The van der Waals surface area contributed by atoms with Crippen LogP contribution < -0.4 is 5.73 Å². The van der Waals surface area contributed by atoms with Crippen molar-refractivity contribution in [1.82, 2.24) is 0 Å². The lowest BCUT2D eigenvalue weighted by molar-refractivity contribution is -0.244. The zero-order valence-electron chi connectivity index (χ0n) is 15.1. The summed E-state index contributed by atoms with van der Waals surface area (Å²) >= 11 is 0. The quantitative estimate of drug-likeness (QED) is 0.265. The van der Waals surface area contributed by atoms with Crippen LogP contribution in [-0.2, 0) is 9.47 Å². The molecule has 5 heteroatoms. The maximum Gasteiger partial charge on any atom is 0.224 e. The number of hydrogen-bond acceptors (Lipinski definition) is 5. The van der Waals surface area contributed by atoms with Gasteiger partial charge in [-0.05, 0) is 6.42 Å². The van der Waals surface area contributed by atoms with E-state index in [0.29, 0.717) is 6.42 Å². The lowest BCUT2D eigenvalue weighted by Crippen LogP contribution is -2.46. The van der Waals surface area contributed by atoms with Crippen molar-refractivity contribution in [1.29, 1.82) is 0 Å². The van der Waals surface area contributed by atoms with E-state index >= 15 is 0 Å². The molecule has 0 fully saturated rings. The number of aliphatic hydroxyl groups excluding tert-OH is 2. The van der Waals surface area contributed by atoms with E-state index in [1.54, 1.807) is 0 Å². The molecule has 0 radical (unpaired) electrons. The van der Waals surface area contributed by atoms with Gasteiger partial charge < -0.3 is 19.7 Å². The van der Waals surface area contributed by atoms with Crippen LogP contribution in [0.25, 0.3) is 0 Å². The van der Waals surface area contributed by atoms with Crippen molar-refractivity contribution >= 4 is 0 Å². The second kappa shape index (κ2) is 16.7. The van der Waals surface area contributed by atoms with Gasteiger partial charge in [-0.2, -0.15) is 0 Å². The summed E-state index contributed by atoms with van der Waals surface area (Å²) in [7, 11) is 0. The highest BCUT2D eigenvalue weighted by atomic mass is 16.7. The van der Waals surface area contributed by atoms with E-state index in [2.05, 4.69) is 6.92 Å². The molecule has 4 N–H and O–H groups in total. The van der Waals surface area contributed by atoms with Crippen LogP contribution in [0.4, 0.5) is 0 Å². The standard InChI is InChI=1S/C18H39NO4/c1-2-3-4-5-6-7-8-9-10-11-12-13-18(19,22-16-14-20)23-17-15-21/h20-21H,2-17,19H2,1H3. The average molecular weight is 334 g/mol. The molecule has 0 bridgehead atoms. The topological polar surface area (TPSA) is 84.9 Å². The smallest absolute Gasteiger partial charge is 0.224 e. The summed E-state index contributed by atoms with van der Waals surface area (Å²) in [5.41, 5.74) is 6.02. The van der Waals surface area contributed by atoms with Gasteiger partial charge in [0, 0.05) is 6.42 Å². The van der Waals surface area contributed by atoms with Crippen LogP contribution in [0.1, 0.15) is 84.0 Å². The molecule has 0 amide bonds. The van der Waals surface area contributed by atoms with Gasteiger partial charge >= 0.3 is 0 Å². The number of nitrogens with two attached hydrogens (primary N) is 1. The molecule has 0 aliphatic carbocycles. The Morgan fingerprint density at radius 2 is 1.09 bits per heavy atom. The number of ether oxygens (including phenoxy) is 2. The second-order valence-electron chi connectivity index (χ2n) is 6.24. The highest BCUT2D eigenvalue weighted by Crippen LogP contribution is 2.17. The first kappa shape index (κ1) is 22.8. The first-order valence-electron chi connectivity index (χ1n) is 9.47. The second-order valence-corrected chi connectivity index (χ2v) is 6.24. The van der Waals surface area contributed by atoms with Gasteiger partial charge in [-0.3, -0.25) is 5.73 Å². The van der Waals surface area contributed by atoms with Gasteiger partial charge in [0.2, 0.25) is 5.91 Å². The van der Waals surface area contributed by atoms with E-state index in [-0.39, 0.29) is 26.4 Å². The normalized spacial score (nSPS) is 12.0. The molecule has 0 aromatic carbocycles. The molecule has 0 aromatic rings. The van der Waals surface area contributed by atoms with Crippen LogP contribution in [0.15, 0.2) is 0 Å². The van der Waals surface area contributed by atoms with Crippen molar-refractivity contribution in [3.05, 3.63) is 0 Å². The third kappa shape index (κ3) is 15.1. The molecule has 0 unspecified atom stereocenters. The van der Waals surface area contributed by atoms with Crippen molar-refractivity contribution in [3.8, 4) is 0 Å². The Labute approximate surface area is 142 Å². The van der Waals surface area contributed by atoms with Gasteiger partial charge in [0.25, 0.3) is 0 Å². The first-order chi connectivity index (χ1) is 11.2. The Hall–Kier alpha value is -0.200. The minimum absolute atomic E-state index is 0.0836. The van der Waals surface area contributed by atoms with Crippen molar-refractivity contribution < 1.29 is 19.7 Å². The highest BCUT2D eigenvalue weighted by molar-refractivity contribution is 4.62. The van der Waals surface area contributed by atoms with E-state index < -0.39 is 5.91 Å². The number of unbranched alkanes of at least 4 members (excludes halogenated alkanes) is 10. The molecule has 0 rings (SSSR count). The summed E-state index contributed by atoms with van der Waals surface area (Å²) in [5, 5.41) is 17.7. The molecule has 0 aromatic heterocycles. The molecule has 0 atom stereocenters. The van der Waals surface area contributed by atoms with Gasteiger partial charge in [-0.25, -0.2) is 0 Å². The summed E-state index contributed by atoms with van der Waals surface area (Å²) in [6.07, 6.45) is 14.6. The largest absolute Gasteiger partial charge is 0.394 e. The summed E-state index contributed by atoms with van der Waals surface area (Å²) < 4.78 is 10.7. The van der Waals surface area contributed by atoms with Gasteiger partial charge in [0.1, 0.15) is 0 Å². The van der Waals surface area contributed by atoms with Crippen molar-refractivity contribution in [2.24, 2.45) is 5.73 Å². The molecule has 0 spiro atoms. The first-order valence-corrected chi connectivity index (χ1v) is 9.47. The predicted molar refractivity (Wildman–Crippen MR) is 94.1 cm³/mol. The van der Waals surface area contributed by atoms with E-state index in [1.807, 2.05) is 0 Å². The Morgan fingerprint density at radius 1 is 0.696 bits per heavy atom. The summed E-state index contributed by atoms with van der Waals surface area (Å²) in [6.45, 7) is 2.39. The fourth-order valence-electron chi connectivity index (χ4n) is 2.66. The fraction of sp³-hybridized carbons (Fsp3) is 1.00. The Morgan fingerprint density at radius 3 is 1.48 bits per heavy atom. The van der Waals surface area contributed by atoms with Crippen molar-refractivity contribution in [2.75, 3.05) is 26.4 Å². The fourth-order valence-corrected chi connectivity index (χ4v) is 2.66. The molecular formula is C18H39NO4. The van der Waals surface area contributed by atoms with Gasteiger partial charge in [-0.1, -0.05) is 71.1 Å². The van der Waals surface area contributed by atoms with E-state index in [0.717, 1.165) is 12.8 Å². The van der Waals surface area contributed by atoms with Crippen molar-refractivity contribution in [2.45, 2.75) is 89.9 Å². The zero-order chi connectivity index (χ0) is 17.2. The minimum Gasteiger partial charge on any atom is -0.394 e. The highest BCUT2D eigenvalue weighted by Gasteiger charge is 2.25. The molecule has 23 heavy (non-hydrogen) atoms. The number of rotatable bonds is 18. The lowest BCUT2D eigenvalue weighted by atomic mass is 10.0. The van der Waals surface area contributed by atoms with E-state index in [4.69, 9.17) is 25.4 Å². The molecule has 0 aliphatic heterocycles. The lowest BCUT2D eigenvalue weighted by Gasteiger charge is -2.29. The molecule has 0 aliphatic rings. The van der Waals surface area contributed by atoms with Gasteiger partial charge in [0.05, 0.1) is 26.4 Å². The summed E-state index contributed by atoms with van der Waals surface area (Å²) in [4.78, 5) is 0. The van der Waals surface area contributed by atoms with E-state index in [9.17, 15) is 0 Å². The third-order valence-corrected chi connectivity index (χ3v) is 4.00. The molecular weight excluding hydrogens is 294 g/mol. The van der Waals surface area contributed by atoms with Crippen LogP contribution >= 0.6 is 0 Å². The maximum absolute atomic E-state index is 8.83. The van der Waals surface area contributed by atoms with Gasteiger partial charge in [-0.15, -0.1) is 0 Å². The molecule has 5 nitrogen and oxygen atoms in total. The van der Waals surface area contributed by atoms with Gasteiger partial charge in [0.15, 0.2) is 0 Å². The Balaban J connectivity index is 3.54. The zero-order valence-corrected chi connectivity index (χ0v) is 15.1. The molecule has 0 saturated carbocycles. The molecule has 0 saturated heterocycles. The molecule has 0 heterocycles. The maximum atomic E-state index is 8.83. The average Bonchev–Trinajstić information content (AvgIpc) is 2.56. The monoisotopic (exact) mass is 333 g/mol. The number of hydrogen-bond donors (Lipinski definition) is 3. The van der Waals surface area contributed by atoms with Crippen LogP contribution in [0.2, 0.25) is 0 Å². The minimum atomic E-state index is -1.18. The van der Waals surface area contributed by atoms with Crippen LogP contribution in [0, 0.1) is 0 Å². The van der Waals surface area contributed by atoms with Crippen LogP contribution in [0.3, 0.4) is 0 Å². The van der Waals surface area contributed by atoms with Crippen LogP contribution in [0.5, 0.6) is 0 Å². The SMILES string of the molecule is CCCCCCCCCCCCCC(N)(OCCO)OCCO. The Kier molecular flexibility index (Phi) is 16.5. The van der Waals surface area contributed by atoms with Crippen LogP contribution in [-0.4, -0.2) is 42.6 Å². The van der Waals surface area contributed by atoms with Crippen molar-refractivity contribution in [3.63, 3.8) is 0 Å². The summed E-state index contributed by atoms with van der Waals surface area (Å²) in [6, 6.07) is 0. The third-order valence-electron chi connectivity index (χ3n) is 4.00.